The Morgan fingerprint density at radius 3 is 2.74 bits per heavy atom. The summed E-state index contributed by atoms with van der Waals surface area (Å²) in [5.41, 5.74) is 7.13. The van der Waals surface area contributed by atoms with Gasteiger partial charge in [-0.1, -0.05) is 12.1 Å². The number of hydrogen-bond acceptors (Lipinski definition) is 5. The smallest absolute Gasteiger partial charge is 0.227 e. The van der Waals surface area contributed by atoms with Gasteiger partial charge in [-0.05, 0) is 66.4 Å². The zero-order valence-corrected chi connectivity index (χ0v) is 20.0. The Bertz CT molecular complexity index is 1850. The van der Waals surface area contributed by atoms with Gasteiger partial charge >= 0.3 is 0 Å². The first kappa shape index (κ1) is 22.2. The zero-order chi connectivity index (χ0) is 25.8. The Labute approximate surface area is 215 Å². The molecule has 1 fully saturated rings. The van der Waals surface area contributed by atoms with Gasteiger partial charge in [0.05, 0.1) is 28.8 Å². The van der Waals surface area contributed by atoms with E-state index in [1.54, 1.807) is 12.4 Å². The van der Waals surface area contributed by atoms with Crippen molar-refractivity contribution in [3.63, 3.8) is 0 Å². The molecule has 1 saturated carbocycles. The number of pyridine rings is 2. The summed E-state index contributed by atoms with van der Waals surface area (Å²) < 4.78 is 14.0. The number of carbonyl (C=O) groups is 1. The number of phenols is 1. The third kappa shape index (κ3) is 3.94. The molecule has 4 heterocycles. The highest BCUT2D eigenvalue weighted by atomic mass is 19.1. The van der Waals surface area contributed by atoms with Crippen molar-refractivity contribution in [3.05, 3.63) is 78.9 Å². The number of aromatic nitrogens is 5. The lowest BCUT2D eigenvalue weighted by Gasteiger charge is -2.06. The average Bonchev–Trinajstić information content (AvgIpc) is 3.54. The number of carbonyl (C=O) groups excluding carboxylic acids is 1. The second-order valence-electron chi connectivity index (χ2n) is 9.54. The third-order valence-electron chi connectivity index (χ3n) is 6.77. The first-order valence-corrected chi connectivity index (χ1v) is 12.3. The molecular formula is C29H21FN6O2. The Kier molecular flexibility index (Phi) is 4.97. The monoisotopic (exact) mass is 504 g/mol. The van der Waals surface area contributed by atoms with Gasteiger partial charge in [0.2, 0.25) is 5.91 Å². The van der Waals surface area contributed by atoms with Crippen molar-refractivity contribution in [3.8, 4) is 39.5 Å². The molecule has 8 nitrogen and oxygen atoms in total. The number of rotatable bonds is 5. The number of fused-ring (bicyclic) bond motifs is 2. The number of anilines is 1. The van der Waals surface area contributed by atoms with E-state index in [1.165, 1.54) is 12.1 Å². The van der Waals surface area contributed by atoms with Crippen LogP contribution in [0.25, 0.3) is 55.7 Å². The van der Waals surface area contributed by atoms with Crippen LogP contribution in [0.2, 0.25) is 0 Å². The fraction of sp³-hybridized carbons (Fsp3) is 0.103. The molecule has 0 unspecified atom stereocenters. The molecule has 6 aromatic rings. The van der Waals surface area contributed by atoms with Crippen molar-refractivity contribution in [2.24, 2.45) is 5.92 Å². The first-order valence-electron chi connectivity index (χ1n) is 12.3. The maximum absolute atomic E-state index is 14.0. The predicted octanol–water partition coefficient (Wildman–Crippen LogP) is 6.03. The molecule has 1 amide bonds. The summed E-state index contributed by atoms with van der Waals surface area (Å²) in [6.45, 7) is 0. The zero-order valence-electron chi connectivity index (χ0n) is 20.0. The van der Waals surface area contributed by atoms with Gasteiger partial charge in [0.1, 0.15) is 22.8 Å². The molecule has 1 aliphatic rings. The van der Waals surface area contributed by atoms with Crippen LogP contribution in [0, 0.1) is 11.7 Å². The molecule has 0 aliphatic heterocycles. The minimum absolute atomic E-state index is 0.0242. The van der Waals surface area contributed by atoms with E-state index in [-0.39, 0.29) is 17.6 Å². The lowest BCUT2D eigenvalue weighted by molar-refractivity contribution is -0.117. The quantitative estimate of drug-likeness (QED) is 0.229. The summed E-state index contributed by atoms with van der Waals surface area (Å²) in [7, 11) is 0. The maximum atomic E-state index is 14.0. The number of phenolic OH excluding ortho intramolecular Hbond substituents is 1. The fourth-order valence-corrected chi connectivity index (χ4v) is 4.75. The number of H-pyrrole nitrogens is 2. The molecule has 38 heavy (non-hydrogen) atoms. The van der Waals surface area contributed by atoms with E-state index in [1.807, 2.05) is 42.5 Å². The number of aromatic hydroxyl groups is 1. The highest BCUT2D eigenvalue weighted by Gasteiger charge is 2.29. The molecular weight excluding hydrogens is 483 g/mol. The molecule has 7 rings (SSSR count). The lowest BCUT2D eigenvalue weighted by Crippen LogP contribution is -2.13. The topological polar surface area (TPSA) is 120 Å². The summed E-state index contributed by atoms with van der Waals surface area (Å²) in [6, 6.07) is 17.3. The van der Waals surface area contributed by atoms with Crippen molar-refractivity contribution < 1.29 is 14.3 Å². The Balaban J connectivity index is 1.29. The molecule has 1 aliphatic carbocycles. The van der Waals surface area contributed by atoms with E-state index in [0.29, 0.717) is 28.2 Å². The van der Waals surface area contributed by atoms with Crippen LogP contribution in [0.3, 0.4) is 0 Å². The Morgan fingerprint density at radius 1 is 1.00 bits per heavy atom. The average molecular weight is 505 g/mol. The lowest BCUT2D eigenvalue weighted by atomic mass is 10.0. The van der Waals surface area contributed by atoms with Gasteiger partial charge in [-0.15, -0.1) is 0 Å². The number of nitrogens with zero attached hydrogens (tertiary/aromatic N) is 3. The largest absolute Gasteiger partial charge is 0.508 e. The van der Waals surface area contributed by atoms with Crippen LogP contribution in [-0.4, -0.2) is 36.2 Å². The van der Waals surface area contributed by atoms with Gasteiger partial charge in [0.25, 0.3) is 0 Å². The molecule has 0 atom stereocenters. The Hall–Kier alpha value is -5.05. The van der Waals surface area contributed by atoms with E-state index >= 15 is 0 Å². The SMILES string of the molecule is O=C(Nc1cncc(-c2ccc3[nH]nc(-c4cc5c(-c6cc(O)cc(F)c6)cccc5[nH]4)c3n2)c1)C1CC1. The molecule has 186 valence electrons. The molecule has 0 saturated heterocycles. The van der Waals surface area contributed by atoms with Crippen LogP contribution in [0.5, 0.6) is 5.75 Å². The molecule has 4 N–H and O–H groups in total. The molecule has 0 bridgehead atoms. The van der Waals surface area contributed by atoms with E-state index in [4.69, 9.17) is 4.98 Å². The molecule has 2 aromatic carbocycles. The summed E-state index contributed by atoms with van der Waals surface area (Å²) >= 11 is 0. The second kappa shape index (κ2) is 8.52. The minimum Gasteiger partial charge on any atom is -0.508 e. The number of halogens is 1. The van der Waals surface area contributed by atoms with E-state index in [9.17, 15) is 14.3 Å². The second-order valence-corrected chi connectivity index (χ2v) is 9.54. The van der Waals surface area contributed by atoms with Crippen molar-refractivity contribution in [2.75, 3.05) is 5.32 Å². The maximum Gasteiger partial charge on any atom is 0.227 e. The predicted molar refractivity (Wildman–Crippen MR) is 143 cm³/mol. The number of nitrogens with one attached hydrogen (secondary N) is 3. The summed E-state index contributed by atoms with van der Waals surface area (Å²) in [5, 5.41) is 21.3. The summed E-state index contributed by atoms with van der Waals surface area (Å²) in [5.74, 6) is -0.511. The van der Waals surface area contributed by atoms with Crippen LogP contribution < -0.4 is 5.32 Å². The Morgan fingerprint density at radius 2 is 1.89 bits per heavy atom. The van der Waals surface area contributed by atoms with Crippen LogP contribution >= 0.6 is 0 Å². The standard InChI is InChI=1S/C29H21FN6O2/c30-18-8-16(10-20(37)11-18)21-2-1-3-24-22(21)12-26(33-24)28-27-25(35-36-28)7-6-23(34-27)17-9-19(14-31-13-17)32-29(38)15-4-5-15/h1-3,6-15,33,37H,4-5H2,(H,32,38)(H,35,36). The van der Waals surface area contributed by atoms with Crippen LogP contribution in [0.1, 0.15) is 12.8 Å². The summed E-state index contributed by atoms with van der Waals surface area (Å²) in [6.07, 6.45) is 5.21. The van der Waals surface area contributed by atoms with Gasteiger partial charge in [-0.3, -0.25) is 14.9 Å². The summed E-state index contributed by atoms with van der Waals surface area (Å²) in [4.78, 5) is 24.7. The van der Waals surface area contributed by atoms with Crippen LogP contribution in [0.4, 0.5) is 10.1 Å². The van der Waals surface area contributed by atoms with Crippen LogP contribution in [-0.2, 0) is 4.79 Å². The van der Waals surface area contributed by atoms with Gasteiger partial charge in [0, 0.05) is 34.6 Å². The van der Waals surface area contributed by atoms with Gasteiger partial charge in [-0.2, -0.15) is 5.10 Å². The minimum atomic E-state index is -0.506. The van der Waals surface area contributed by atoms with E-state index < -0.39 is 5.82 Å². The number of amides is 1. The van der Waals surface area contributed by atoms with E-state index in [2.05, 4.69) is 25.5 Å². The van der Waals surface area contributed by atoms with Crippen molar-refractivity contribution in [2.45, 2.75) is 12.8 Å². The van der Waals surface area contributed by atoms with Crippen molar-refractivity contribution in [1.82, 2.24) is 25.1 Å². The fourth-order valence-electron chi connectivity index (χ4n) is 4.75. The first-order chi connectivity index (χ1) is 18.5. The van der Waals surface area contributed by atoms with Gasteiger partial charge in [0.15, 0.2) is 0 Å². The number of hydrogen-bond donors (Lipinski definition) is 4. The van der Waals surface area contributed by atoms with Crippen molar-refractivity contribution in [1.29, 1.82) is 0 Å². The van der Waals surface area contributed by atoms with Gasteiger partial charge in [-0.25, -0.2) is 9.37 Å². The van der Waals surface area contributed by atoms with E-state index in [0.717, 1.165) is 52.1 Å². The van der Waals surface area contributed by atoms with Crippen molar-refractivity contribution >= 4 is 33.5 Å². The number of aromatic amines is 2. The molecule has 0 spiro atoms. The molecule has 9 heteroatoms. The highest BCUT2D eigenvalue weighted by Crippen LogP contribution is 2.36. The molecule has 4 aromatic heterocycles. The van der Waals surface area contributed by atoms with Gasteiger partial charge < -0.3 is 15.4 Å². The third-order valence-corrected chi connectivity index (χ3v) is 6.77. The normalized spacial score (nSPS) is 13.3. The number of benzene rings is 2. The highest BCUT2D eigenvalue weighted by molar-refractivity contribution is 6.00. The molecule has 0 radical (unpaired) electrons. The van der Waals surface area contributed by atoms with Crippen LogP contribution in [0.15, 0.2) is 73.1 Å².